The lowest BCUT2D eigenvalue weighted by Gasteiger charge is -2.41. The number of aromatic nitrogens is 1. The van der Waals surface area contributed by atoms with Gasteiger partial charge in [0, 0.05) is 137 Å². The largest absolute Gasteiger partial charge is 0.445 e. The summed E-state index contributed by atoms with van der Waals surface area (Å²) in [5.41, 5.74) is 4.90. The third kappa shape index (κ3) is 31.6. The van der Waals surface area contributed by atoms with Gasteiger partial charge in [0.2, 0.25) is 29.5 Å². The van der Waals surface area contributed by atoms with Crippen molar-refractivity contribution in [1.29, 1.82) is 0 Å². The molecule has 620 valence electrons. The number of nitrogens with zero attached hydrogens (tertiary/aromatic N) is 3. The van der Waals surface area contributed by atoms with Crippen LogP contribution in [0.1, 0.15) is 236 Å². The van der Waals surface area contributed by atoms with Crippen molar-refractivity contribution < 1.29 is 71.7 Å². The fourth-order valence-corrected chi connectivity index (χ4v) is 15.2. The summed E-state index contributed by atoms with van der Waals surface area (Å²) in [7, 11) is 4.80. The van der Waals surface area contributed by atoms with E-state index < -0.39 is 106 Å². The van der Waals surface area contributed by atoms with Crippen molar-refractivity contribution in [3.05, 3.63) is 82.3 Å². The van der Waals surface area contributed by atoms with Gasteiger partial charge < -0.3 is 61.6 Å². The fraction of sp³-hybridized carbons (Fsp3) is 0.682. The molecule has 1 aliphatic heterocycles. The van der Waals surface area contributed by atoms with Crippen LogP contribution in [0.15, 0.2) is 66.2 Å². The smallest absolute Gasteiger partial charge is 0.408 e. The number of ketones is 5. The number of hydrogen-bond donors (Lipinski definition) is 7. The van der Waals surface area contributed by atoms with E-state index in [1.165, 1.54) is 32.3 Å². The van der Waals surface area contributed by atoms with E-state index in [0.29, 0.717) is 69.3 Å². The van der Waals surface area contributed by atoms with E-state index in [1.807, 2.05) is 105 Å². The molecule has 1 fully saturated rings. The van der Waals surface area contributed by atoms with E-state index in [4.69, 9.17) is 19.9 Å². The van der Waals surface area contributed by atoms with Crippen LogP contribution >= 0.6 is 11.3 Å². The van der Waals surface area contributed by atoms with Crippen LogP contribution in [0.4, 0.5) is 15.3 Å². The predicted molar refractivity (Wildman–Crippen MR) is 433 cm³/mol. The summed E-state index contributed by atoms with van der Waals surface area (Å²) in [4.78, 5) is 173. The number of nitrogens with one attached hydrogen (secondary N) is 6. The van der Waals surface area contributed by atoms with Crippen molar-refractivity contribution >= 4 is 87.6 Å². The predicted octanol–water partition coefficient (Wildman–Crippen LogP) is 12.1. The molecule has 8 amide bonds. The molecule has 12 atom stereocenters. The van der Waals surface area contributed by atoms with Crippen molar-refractivity contribution in [2.24, 2.45) is 58.5 Å². The number of rotatable bonds is 49. The highest BCUT2D eigenvalue weighted by Gasteiger charge is 2.45. The molecule has 1 aromatic heterocycles. The number of unbranched alkanes of at least 4 members (excludes halogenated alkanes) is 1. The molecule has 0 radical (unpaired) electrons. The summed E-state index contributed by atoms with van der Waals surface area (Å²) in [5.74, 6) is -6.98. The Kier molecular flexibility index (Phi) is 39.4. The van der Waals surface area contributed by atoms with Gasteiger partial charge >= 0.3 is 12.1 Å². The summed E-state index contributed by atoms with van der Waals surface area (Å²) in [6.07, 6.45) is 4.09. The quantitative estimate of drug-likeness (QED) is 0.0258. The van der Waals surface area contributed by atoms with Gasteiger partial charge in [0.15, 0.2) is 17.3 Å². The highest BCUT2D eigenvalue weighted by Crippen LogP contribution is 2.35. The molecule has 3 aromatic rings. The maximum atomic E-state index is 14.9. The Morgan fingerprint density at radius 1 is 0.703 bits per heavy atom. The minimum atomic E-state index is -1.49. The molecule has 2 heterocycles. The van der Waals surface area contributed by atoms with Crippen LogP contribution in [0.3, 0.4) is 0 Å². The Hall–Kier alpha value is -7.81. The highest BCUT2D eigenvalue weighted by molar-refractivity contribution is 7.09. The van der Waals surface area contributed by atoms with Crippen LogP contribution in [0.2, 0.25) is 0 Å². The van der Waals surface area contributed by atoms with Gasteiger partial charge in [0.05, 0.1) is 53.3 Å². The fourth-order valence-electron chi connectivity index (χ4n) is 14.5. The molecule has 1 saturated heterocycles. The van der Waals surface area contributed by atoms with Crippen molar-refractivity contribution in [3.8, 4) is 0 Å². The van der Waals surface area contributed by atoms with E-state index in [0.717, 1.165) is 17.0 Å². The van der Waals surface area contributed by atoms with Crippen molar-refractivity contribution in [2.45, 2.75) is 280 Å². The number of thiazole rings is 1. The average Bonchev–Trinajstić information content (AvgIpc) is 1.79. The molecular formula is C85H134N10O15S. The van der Waals surface area contributed by atoms with Crippen molar-refractivity contribution in [2.75, 3.05) is 46.2 Å². The molecule has 1 aliphatic rings. The van der Waals surface area contributed by atoms with Gasteiger partial charge in [-0.1, -0.05) is 138 Å². The van der Waals surface area contributed by atoms with Crippen LogP contribution in [0, 0.1) is 52.8 Å². The van der Waals surface area contributed by atoms with Crippen LogP contribution in [-0.2, 0) is 75.2 Å². The number of amides is 8. The molecule has 26 heteroatoms. The second-order valence-corrected chi connectivity index (χ2v) is 34.9. The molecule has 25 nitrogen and oxygen atoms in total. The number of likely N-dealkylation sites (tertiary alicyclic amines) is 1. The number of carbonyl (C=O) groups is 12. The third-order valence-electron chi connectivity index (χ3n) is 21.4. The molecule has 0 saturated carbocycles. The average molecular weight is 1570 g/mol. The zero-order valence-electron chi connectivity index (χ0n) is 70.1. The molecular weight excluding hydrogens is 1430 g/mol. The first-order valence-corrected chi connectivity index (χ1v) is 40.9. The summed E-state index contributed by atoms with van der Waals surface area (Å²) in [5, 5.41) is 20.1. The van der Waals surface area contributed by atoms with E-state index in [-0.39, 0.29) is 135 Å². The van der Waals surface area contributed by atoms with Gasteiger partial charge in [-0.2, -0.15) is 0 Å². The number of likely N-dealkylation sites (N-methyl/N-ethyl adjacent to an activating group) is 1. The number of Topliss-reactive ketones (excluding diaryl/α,β-unsaturated/α-hetero) is 5. The number of anilines is 1. The molecule has 2 aromatic carbocycles. The Morgan fingerprint density at radius 3 is 1.90 bits per heavy atom. The molecule has 111 heavy (non-hydrogen) atoms. The second kappa shape index (κ2) is 45.8. The number of ether oxygens (including phenoxy) is 3. The van der Waals surface area contributed by atoms with Crippen LogP contribution in [0.5, 0.6) is 0 Å². The number of alkyl carbamates (subject to hydrolysis) is 1. The molecule has 0 bridgehead atoms. The Bertz CT molecular complexity index is 3500. The number of urea groups is 1. The summed E-state index contributed by atoms with van der Waals surface area (Å²) in [6, 6.07) is 13.3. The van der Waals surface area contributed by atoms with Gasteiger partial charge in [0.1, 0.15) is 18.2 Å². The Morgan fingerprint density at radius 2 is 1.33 bits per heavy atom. The zero-order valence-corrected chi connectivity index (χ0v) is 70.9. The number of carbonyl (C=O) groups excluding carboxylic acids is 12. The van der Waals surface area contributed by atoms with Crippen molar-refractivity contribution in [3.63, 3.8) is 0 Å². The lowest BCUT2D eigenvalue weighted by Crippen LogP contribution is -2.55. The third-order valence-corrected chi connectivity index (χ3v) is 22.3. The zero-order chi connectivity index (χ0) is 83.3. The van der Waals surface area contributed by atoms with E-state index in [2.05, 4.69) is 49.0 Å². The van der Waals surface area contributed by atoms with Gasteiger partial charge in [-0.25, -0.2) is 14.6 Å². The second-order valence-electron chi connectivity index (χ2n) is 34.0. The number of hydrogen-bond acceptors (Lipinski definition) is 18. The van der Waals surface area contributed by atoms with Crippen molar-refractivity contribution in [1.82, 2.24) is 41.4 Å². The monoisotopic (exact) mass is 1570 g/mol. The SMILES string of the molecule is CC[C@H](C)[C@@H]([C@@H](CC(=O)N1CCC[C@H]1[C@H](OC)[C@@H](C)C(=O)C[C@@H](Cc1ccccc1)c1nccs1)OC)N(C)C(=O)[C@@H](CC(=O)C(C)(C)NC(=O)OCc1ccc(NC(=O)[C@H](CCCNC(N)=O)CC(=O)[C@@H](NC(=O)[C@H](CCCCNC(=O)CC[C@@H](NC(C)(C)C)C(=O)C(C)(C)C)CC(=O)C(C)C)C(C)C)cc1)C(C)C. The summed E-state index contributed by atoms with van der Waals surface area (Å²) >= 11 is 1.53. The normalized spacial score (nSPS) is 16.4. The molecule has 0 aliphatic carbocycles. The molecule has 0 spiro atoms. The topological polar surface area (TPSA) is 350 Å². The maximum Gasteiger partial charge on any atom is 0.408 e. The number of benzene rings is 2. The summed E-state index contributed by atoms with van der Waals surface area (Å²) in [6.45, 7) is 31.9. The van der Waals surface area contributed by atoms with Crippen LogP contribution in [0.25, 0.3) is 0 Å². The maximum absolute atomic E-state index is 14.9. The Balaban J connectivity index is 1.37. The number of primary amides is 1. The number of methoxy groups -OCH3 is 2. The minimum Gasteiger partial charge on any atom is -0.445 e. The first-order chi connectivity index (χ1) is 52.0. The lowest BCUT2D eigenvalue weighted by atomic mass is 9.83. The summed E-state index contributed by atoms with van der Waals surface area (Å²) < 4.78 is 17.9. The first-order valence-electron chi connectivity index (χ1n) is 40.0. The Labute approximate surface area is 664 Å². The van der Waals surface area contributed by atoms with Gasteiger partial charge in [-0.3, -0.25) is 47.9 Å². The lowest BCUT2D eigenvalue weighted by molar-refractivity contribution is -0.149. The van der Waals surface area contributed by atoms with E-state index in [9.17, 15) is 57.5 Å². The molecule has 4 rings (SSSR count). The van der Waals surface area contributed by atoms with Crippen LogP contribution < -0.4 is 37.6 Å². The van der Waals surface area contributed by atoms with Gasteiger partial charge in [0.25, 0.3) is 0 Å². The first kappa shape index (κ1) is 95.6. The van der Waals surface area contributed by atoms with Gasteiger partial charge in [-0.05, 0) is 127 Å². The van der Waals surface area contributed by atoms with Crippen LogP contribution in [-0.4, -0.2) is 174 Å². The standard InChI is InChI=1S/C85H134N10O15S/c1-21-55(8)74(69(108-19)50-72(101)95-43-28-33-65(95)75(109-20)56(9)67(97)48-61(79-88-42-44-111-79)45-57-29-23-22-24-30-57)94(18)80(105)63(52(2)3)49-70(99)85(16,17)93-82(107)110-51-58-34-36-62(37-35-58)90-77(103)60(32-27-41-89-81(86)106)47-68(98)73(54(6)7)91-78(104)59(46-66(96)53(4)5)31-25-26-40-87-71(100)39-38-64(92-84(13,14)15)76(102)83(10,11)12/h22-24,29-30,34-37,42,44,52-56,59-61,63-65,69,73-75,92H,21,25-28,31-33,38-41,43,45-51H2,1-20H3,(H,87,100)(H,90,103)(H,91,104)(H,93,107)(H3,86,89,106)/t55-,56-,59+,60+,61+,63-,64+,65-,69+,73-,74-,75+/m0/s1. The van der Waals surface area contributed by atoms with E-state index in [1.54, 1.807) is 77.2 Å². The molecule has 0 unspecified atom stereocenters. The minimum absolute atomic E-state index is 0.0237. The number of nitrogens with two attached hydrogens (primary N) is 1. The molecule has 8 N–H and O–H groups in total. The highest BCUT2D eigenvalue weighted by atomic mass is 32.1. The van der Waals surface area contributed by atoms with Gasteiger partial charge in [-0.15, -0.1) is 11.3 Å². The van der Waals surface area contributed by atoms with E-state index >= 15 is 0 Å².